The zero-order valence-corrected chi connectivity index (χ0v) is 20.1. The van der Waals surface area contributed by atoms with Crippen molar-refractivity contribution in [2.24, 2.45) is 15.4 Å². The quantitative estimate of drug-likeness (QED) is 0.497. The largest absolute Gasteiger partial charge is 0.474 e. The average Bonchev–Trinajstić information content (AvgIpc) is 3.62. The molecule has 2 aliphatic heterocycles. The minimum absolute atomic E-state index is 0.0125. The van der Waals surface area contributed by atoms with E-state index < -0.39 is 5.41 Å². The van der Waals surface area contributed by atoms with Crippen molar-refractivity contribution < 1.29 is 19.7 Å². The van der Waals surface area contributed by atoms with Crippen LogP contribution in [-0.4, -0.2) is 47.4 Å². The zero-order valence-electron chi connectivity index (χ0n) is 20.1. The smallest absolute Gasteiger partial charge is 0.200 e. The Morgan fingerprint density at radius 3 is 1.60 bits per heavy atom. The number of fused-ring (bicyclic) bond motifs is 6. The Kier molecular flexibility index (Phi) is 6.11. The highest BCUT2D eigenvalue weighted by molar-refractivity contribution is 6.06. The first-order valence-corrected chi connectivity index (χ1v) is 13.1. The molecule has 0 saturated heterocycles. The van der Waals surface area contributed by atoms with Crippen LogP contribution in [0.4, 0.5) is 0 Å². The van der Waals surface area contributed by atoms with Gasteiger partial charge in [0, 0.05) is 26.1 Å². The molecule has 35 heavy (non-hydrogen) atoms. The summed E-state index contributed by atoms with van der Waals surface area (Å²) in [6.45, 7) is 0.315. The van der Waals surface area contributed by atoms with Crippen LogP contribution >= 0.6 is 0 Å². The summed E-state index contributed by atoms with van der Waals surface area (Å²) in [5.74, 6) is 1.48. The number of aliphatic hydroxyl groups is 2. The van der Waals surface area contributed by atoms with Gasteiger partial charge in [-0.05, 0) is 60.8 Å². The molecule has 2 aromatic rings. The van der Waals surface area contributed by atoms with Gasteiger partial charge in [0.1, 0.15) is 29.7 Å². The van der Waals surface area contributed by atoms with Crippen molar-refractivity contribution in [2.45, 2.75) is 75.7 Å². The first-order valence-electron chi connectivity index (χ1n) is 13.1. The van der Waals surface area contributed by atoms with Crippen LogP contribution in [0.15, 0.2) is 58.5 Å². The zero-order chi connectivity index (χ0) is 23.8. The molecule has 6 heteroatoms. The van der Waals surface area contributed by atoms with Crippen LogP contribution in [0.25, 0.3) is 0 Å². The van der Waals surface area contributed by atoms with E-state index in [1.807, 2.05) is 0 Å². The van der Waals surface area contributed by atoms with E-state index in [0.717, 1.165) is 50.3 Å². The maximum atomic E-state index is 9.53. The van der Waals surface area contributed by atoms with Crippen LogP contribution in [0.5, 0.6) is 0 Å². The summed E-state index contributed by atoms with van der Waals surface area (Å²) in [6.07, 6.45) is 6.38. The standard InChI is InChI=1S/C29H34N2O4/c32-15-7-5-13-29(14-6-8-16-33,27-30-25-21-11-3-1-9-19(21)17-23(25)34-27)28-31-26-22-12-4-2-10-20(22)18-24(26)35-28/h1-4,9-12,23-26,32-33H,5-8,13-18H2/t23-,24-,25+,26+/m0/s1. The lowest BCUT2D eigenvalue weighted by Crippen LogP contribution is -2.42. The molecule has 4 atom stereocenters. The minimum Gasteiger partial charge on any atom is -0.474 e. The predicted octanol–water partition coefficient (Wildman–Crippen LogP) is 4.49. The number of hydrogen-bond acceptors (Lipinski definition) is 6. The third kappa shape index (κ3) is 3.87. The first-order chi connectivity index (χ1) is 17.2. The van der Waals surface area contributed by atoms with Crippen molar-refractivity contribution in [3.8, 4) is 0 Å². The van der Waals surface area contributed by atoms with Crippen LogP contribution < -0.4 is 0 Å². The van der Waals surface area contributed by atoms with Gasteiger partial charge in [-0.1, -0.05) is 48.5 Å². The summed E-state index contributed by atoms with van der Waals surface area (Å²) in [7, 11) is 0. The van der Waals surface area contributed by atoms with Gasteiger partial charge in [0.05, 0.1) is 0 Å². The van der Waals surface area contributed by atoms with Crippen molar-refractivity contribution in [3.05, 3.63) is 70.8 Å². The molecule has 6 nitrogen and oxygen atoms in total. The third-order valence-corrected chi connectivity index (χ3v) is 8.17. The topological polar surface area (TPSA) is 83.6 Å². The number of benzene rings is 2. The van der Waals surface area contributed by atoms with Gasteiger partial charge in [0.15, 0.2) is 11.8 Å². The molecule has 6 rings (SSSR count). The SMILES string of the molecule is OCCCCC(CCCCO)(C1=N[C@@H]2c3ccccc3C[C@@H]2O1)C1=N[C@@H]2c3ccccc3C[C@@H]2O1. The highest BCUT2D eigenvalue weighted by Crippen LogP contribution is 2.50. The molecule has 0 fully saturated rings. The van der Waals surface area contributed by atoms with Crippen LogP contribution in [-0.2, 0) is 22.3 Å². The van der Waals surface area contributed by atoms with Crippen LogP contribution in [0.2, 0.25) is 0 Å². The van der Waals surface area contributed by atoms with E-state index in [9.17, 15) is 10.2 Å². The van der Waals surface area contributed by atoms with Crippen LogP contribution in [0.3, 0.4) is 0 Å². The fourth-order valence-corrected chi connectivity index (χ4v) is 6.39. The monoisotopic (exact) mass is 474 g/mol. The van der Waals surface area contributed by atoms with Crippen molar-refractivity contribution >= 4 is 11.8 Å². The molecule has 2 N–H and O–H groups in total. The van der Waals surface area contributed by atoms with Gasteiger partial charge in [-0.2, -0.15) is 0 Å². The summed E-state index contributed by atoms with van der Waals surface area (Å²) < 4.78 is 13.3. The van der Waals surface area contributed by atoms with Gasteiger partial charge in [-0.3, -0.25) is 0 Å². The molecule has 0 saturated carbocycles. The Balaban J connectivity index is 1.39. The summed E-state index contributed by atoms with van der Waals surface area (Å²) in [5.41, 5.74) is 4.58. The number of hydrogen-bond donors (Lipinski definition) is 2. The summed E-state index contributed by atoms with van der Waals surface area (Å²) in [5, 5.41) is 19.1. The number of rotatable bonds is 10. The molecule has 0 spiro atoms. The Morgan fingerprint density at radius 2 is 1.14 bits per heavy atom. The number of unbranched alkanes of at least 4 members (excludes halogenated alkanes) is 2. The van der Waals surface area contributed by atoms with E-state index in [2.05, 4.69) is 48.5 Å². The molecule has 2 heterocycles. The average molecular weight is 475 g/mol. The highest BCUT2D eigenvalue weighted by atomic mass is 16.5. The van der Waals surface area contributed by atoms with E-state index in [-0.39, 0.29) is 37.5 Å². The van der Waals surface area contributed by atoms with E-state index in [0.29, 0.717) is 12.8 Å². The minimum atomic E-state index is -0.567. The molecule has 0 aromatic heterocycles. The molecule has 0 amide bonds. The highest BCUT2D eigenvalue weighted by Gasteiger charge is 2.54. The Morgan fingerprint density at radius 1 is 0.686 bits per heavy atom. The van der Waals surface area contributed by atoms with Crippen molar-refractivity contribution in [1.82, 2.24) is 0 Å². The lowest BCUT2D eigenvalue weighted by atomic mass is 9.77. The molecular weight excluding hydrogens is 440 g/mol. The molecular formula is C29H34N2O4. The molecule has 2 aliphatic carbocycles. The van der Waals surface area contributed by atoms with Gasteiger partial charge >= 0.3 is 0 Å². The maximum Gasteiger partial charge on any atom is 0.200 e. The van der Waals surface area contributed by atoms with Gasteiger partial charge in [-0.25, -0.2) is 9.98 Å². The van der Waals surface area contributed by atoms with Gasteiger partial charge in [0.2, 0.25) is 0 Å². The van der Waals surface area contributed by atoms with E-state index >= 15 is 0 Å². The number of aliphatic imine (C=N–C) groups is 2. The van der Waals surface area contributed by atoms with Gasteiger partial charge < -0.3 is 19.7 Å². The fraction of sp³-hybridized carbons (Fsp3) is 0.517. The van der Waals surface area contributed by atoms with Crippen LogP contribution in [0, 0.1) is 5.41 Å². The van der Waals surface area contributed by atoms with Crippen LogP contribution in [0.1, 0.15) is 72.9 Å². The third-order valence-electron chi connectivity index (χ3n) is 8.17. The second-order valence-corrected chi connectivity index (χ2v) is 10.3. The molecule has 0 radical (unpaired) electrons. The summed E-state index contributed by atoms with van der Waals surface area (Å²) >= 11 is 0. The predicted molar refractivity (Wildman–Crippen MR) is 135 cm³/mol. The van der Waals surface area contributed by atoms with Crippen molar-refractivity contribution in [2.75, 3.05) is 13.2 Å². The fourth-order valence-electron chi connectivity index (χ4n) is 6.39. The summed E-state index contributed by atoms with van der Waals surface area (Å²) in [4.78, 5) is 10.4. The van der Waals surface area contributed by atoms with Crippen molar-refractivity contribution in [3.63, 3.8) is 0 Å². The second kappa shape index (κ2) is 9.40. The second-order valence-electron chi connectivity index (χ2n) is 10.3. The Labute approximate surface area is 206 Å². The Bertz CT molecular complexity index is 1050. The molecule has 0 bridgehead atoms. The normalized spacial score (nSPS) is 25.8. The number of nitrogens with zero attached hydrogens (tertiary/aromatic N) is 2. The lowest BCUT2D eigenvalue weighted by molar-refractivity contribution is 0.152. The van der Waals surface area contributed by atoms with Crippen molar-refractivity contribution in [1.29, 1.82) is 0 Å². The van der Waals surface area contributed by atoms with Gasteiger partial charge in [0.25, 0.3) is 0 Å². The van der Waals surface area contributed by atoms with E-state index in [1.54, 1.807) is 0 Å². The number of ether oxygens (including phenoxy) is 2. The summed E-state index contributed by atoms with van der Waals surface area (Å²) in [6, 6.07) is 17.0. The molecule has 4 aliphatic rings. The maximum absolute atomic E-state index is 9.53. The molecule has 2 aromatic carbocycles. The van der Waals surface area contributed by atoms with Gasteiger partial charge in [-0.15, -0.1) is 0 Å². The molecule has 0 unspecified atom stereocenters. The van der Waals surface area contributed by atoms with E-state index in [4.69, 9.17) is 19.5 Å². The Hall–Kier alpha value is -2.70. The first kappa shape index (κ1) is 22.7. The van der Waals surface area contributed by atoms with E-state index in [1.165, 1.54) is 22.3 Å². The number of aliphatic hydroxyl groups excluding tert-OH is 2. The lowest BCUT2D eigenvalue weighted by Gasteiger charge is -2.33. The molecule has 184 valence electrons.